The van der Waals surface area contributed by atoms with E-state index in [1.807, 2.05) is 6.08 Å². The van der Waals surface area contributed by atoms with Crippen molar-refractivity contribution < 1.29 is 36.6 Å². The van der Waals surface area contributed by atoms with Crippen molar-refractivity contribution >= 4 is 18.0 Å². The van der Waals surface area contributed by atoms with E-state index >= 15 is 0 Å². The van der Waals surface area contributed by atoms with Crippen LogP contribution < -0.4 is 15.8 Å². The monoisotopic (exact) mass is 457 g/mol. The van der Waals surface area contributed by atoms with Crippen LogP contribution in [0.4, 0.5) is 17.6 Å². The van der Waals surface area contributed by atoms with Crippen molar-refractivity contribution in [2.45, 2.75) is 38.1 Å². The molecule has 1 atom stereocenters. The molecule has 0 heterocycles. The molecule has 1 unspecified atom stereocenters. The van der Waals surface area contributed by atoms with Crippen LogP contribution in [0.5, 0.6) is 5.75 Å². The molecule has 174 valence electrons. The van der Waals surface area contributed by atoms with Crippen LogP contribution in [0, 0.1) is 5.82 Å². The molecule has 1 aromatic rings. The number of carbonyl (C=O) groups is 2. The summed E-state index contributed by atoms with van der Waals surface area (Å²) < 4.78 is 59.8. The maximum atomic E-state index is 14.1. The van der Waals surface area contributed by atoms with Gasteiger partial charge in [0.1, 0.15) is 17.8 Å². The summed E-state index contributed by atoms with van der Waals surface area (Å²) in [5, 5.41) is 2.52. The number of aliphatic imine (C=N–C) groups is 1. The molecule has 1 aliphatic carbocycles. The number of rotatable bonds is 9. The van der Waals surface area contributed by atoms with Crippen LogP contribution in [0.3, 0.4) is 0 Å². The van der Waals surface area contributed by atoms with Crippen LogP contribution in [0.15, 0.2) is 46.6 Å². The Morgan fingerprint density at radius 3 is 2.66 bits per heavy atom. The number of amidine groups is 1. The quantitative estimate of drug-likeness (QED) is 0.194. The van der Waals surface area contributed by atoms with E-state index in [0.29, 0.717) is 12.7 Å². The van der Waals surface area contributed by atoms with E-state index < -0.39 is 29.9 Å². The molecule has 11 heteroatoms. The van der Waals surface area contributed by atoms with Crippen LogP contribution in [-0.2, 0) is 14.3 Å². The lowest BCUT2D eigenvalue weighted by Gasteiger charge is -2.20. The number of hydrogen-bond acceptors (Lipinski definition) is 5. The number of nitrogens with two attached hydrogens (primary N) is 1. The second kappa shape index (κ2) is 11.4. The fourth-order valence-corrected chi connectivity index (χ4v) is 3.06. The van der Waals surface area contributed by atoms with Gasteiger partial charge in [-0.25, -0.2) is 9.38 Å². The van der Waals surface area contributed by atoms with Crippen molar-refractivity contribution in [1.29, 1.82) is 0 Å². The highest BCUT2D eigenvalue weighted by atomic mass is 19.4. The molecule has 2 rings (SSSR count). The van der Waals surface area contributed by atoms with Gasteiger partial charge >= 0.3 is 6.36 Å². The fraction of sp³-hybridized carbons (Fsp3) is 0.381. The number of nitrogens with one attached hydrogen (secondary N) is 1. The average molecular weight is 457 g/mol. The molecule has 32 heavy (non-hydrogen) atoms. The molecule has 0 spiro atoms. The number of allylic oxidation sites excluding steroid dienone is 2. The van der Waals surface area contributed by atoms with E-state index in [9.17, 15) is 27.2 Å². The van der Waals surface area contributed by atoms with Crippen molar-refractivity contribution in [3.8, 4) is 5.75 Å². The zero-order chi connectivity index (χ0) is 23.7. The van der Waals surface area contributed by atoms with Gasteiger partial charge in [-0.1, -0.05) is 12.1 Å². The zero-order valence-corrected chi connectivity index (χ0v) is 17.2. The predicted molar refractivity (Wildman–Crippen MR) is 108 cm³/mol. The second-order valence-corrected chi connectivity index (χ2v) is 6.88. The molecule has 7 nitrogen and oxygen atoms in total. The van der Waals surface area contributed by atoms with E-state index in [4.69, 9.17) is 10.5 Å². The molecule has 0 radical (unpaired) electrons. The summed E-state index contributed by atoms with van der Waals surface area (Å²) in [5.41, 5.74) is 6.58. The molecular weight excluding hydrogens is 434 g/mol. The molecule has 0 saturated heterocycles. The summed E-state index contributed by atoms with van der Waals surface area (Å²) in [6.07, 6.45) is 1.64. The van der Waals surface area contributed by atoms with Gasteiger partial charge in [0.15, 0.2) is 11.6 Å². The standard InChI is InChI=1S/C21H23F4N3O4/c1-31-12-17(14-7-8-18(15(22)11-14)32-21(23,24)25)28-20(30)16(9-10-29)27-19(26)13-5-3-2-4-6-13/h5,7-11,17H,2-4,6,12H2,1H3,(H2,26,27)(H,28,30)/b16-9-. The van der Waals surface area contributed by atoms with E-state index in [1.165, 1.54) is 7.11 Å². The van der Waals surface area contributed by atoms with Gasteiger partial charge in [0.2, 0.25) is 0 Å². The molecule has 0 aromatic heterocycles. The summed E-state index contributed by atoms with van der Waals surface area (Å²) >= 11 is 0. The number of amides is 1. The summed E-state index contributed by atoms with van der Waals surface area (Å²) in [6, 6.07) is 1.78. The lowest BCUT2D eigenvalue weighted by Crippen LogP contribution is -2.33. The minimum Gasteiger partial charge on any atom is -0.403 e. The van der Waals surface area contributed by atoms with Gasteiger partial charge in [0.05, 0.1) is 12.6 Å². The Morgan fingerprint density at radius 1 is 1.34 bits per heavy atom. The van der Waals surface area contributed by atoms with Crippen molar-refractivity contribution in [3.63, 3.8) is 0 Å². The highest BCUT2D eigenvalue weighted by Crippen LogP contribution is 2.28. The topological polar surface area (TPSA) is 103 Å². The first-order valence-corrected chi connectivity index (χ1v) is 9.68. The summed E-state index contributed by atoms with van der Waals surface area (Å²) in [5.74, 6) is -2.97. The largest absolute Gasteiger partial charge is 0.573 e. The average Bonchev–Trinajstić information content (AvgIpc) is 2.74. The predicted octanol–water partition coefficient (Wildman–Crippen LogP) is 3.47. The normalized spacial score (nSPS) is 16.2. The number of benzene rings is 1. The van der Waals surface area contributed by atoms with Crippen molar-refractivity contribution in [1.82, 2.24) is 5.32 Å². The van der Waals surface area contributed by atoms with E-state index in [1.54, 1.807) is 0 Å². The Balaban J connectivity index is 2.24. The van der Waals surface area contributed by atoms with Crippen LogP contribution in [0.1, 0.15) is 37.3 Å². The van der Waals surface area contributed by atoms with Gasteiger partial charge in [-0.05, 0) is 49.0 Å². The number of hydrogen-bond donors (Lipinski definition) is 2. The van der Waals surface area contributed by atoms with Gasteiger partial charge in [0, 0.05) is 13.2 Å². The first-order valence-electron chi connectivity index (χ1n) is 9.68. The number of halogens is 4. The number of carbonyl (C=O) groups excluding carboxylic acids is 2. The highest BCUT2D eigenvalue weighted by Gasteiger charge is 2.32. The molecule has 1 aromatic carbocycles. The van der Waals surface area contributed by atoms with Crippen LogP contribution >= 0.6 is 0 Å². The first kappa shape index (κ1) is 25.1. The second-order valence-electron chi connectivity index (χ2n) is 6.88. The third kappa shape index (κ3) is 7.49. The van der Waals surface area contributed by atoms with Crippen molar-refractivity contribution in [3.05, 3.63) is 53.0 Å². The Kier molecular flexibility index (Phi) is 8.94. The van der Waals surface area contributed by atoms with E-state index in [-0.39, 0.29) is 23.7 Å². The molecule has 1 amide bonds. The lowest BCUT2D eigenvalue weighted by atomic mass is 9.99. The Bertz CT molecular complexity index is 926. The van der Waals surface area contributed by atoms with Gasteiger partial charge in [-0.3, -0.25) is 9.59 Å². The number of nitrogens with zero attached hydrogens (tertiary/aromatic N) is 1. The van der Waals surface area contributed by atoms with Gasteiger partial charge in [-0.2, -0.15) is 0 Å². The molecule has 3 N–H and O–H groups in total. The SMILES string of the molecule is COCC(NC(=O)/C(=C/C=O)N=C(N)C1=CCCCC1)c1ccc(OC(F)(F)F)c(F)c1. The summed E-state index contributed by atoms with van der Waals surface area (Å²) in [6.45, 7) is -0.136. The molecule has 0 aliphatic heterocycles. The molecule has 0 bridgehead atoms. The van der Waals surface area contributed by atoms with Crippen molar-refractivity contribution in [2.24, 2.45) is 10.7 Å². The van der Waals surface area contributed by atoms with Gasteiger partial charge < -0.3 is 20.5 Å². The molecule has 0 fully saturated rings. The Labute approximate surface area is 182 Å². The zero-order valence-electron chi connectivity index (χ0n) is 17.2. The lowest BCUT2D eigenvalue weighted by molar-refractivity contribution is -0.275. The van der Waals surface area contributed by atoms with E-state index in [0.717, 1.165) is 49.1 Å². The third-order valence-electron chi connectivity index (χ3n) is 4.54. The highest BCUT2D eigenvalue weighted by molar-refractivity contribution is 6.03. The van der Waals surface area contributed by atoms with Crippen LogP contribution in [-0.4, -0.2) is 38.1 Å². The maximum absolute atomic E-state index is 14.1. The number of methoxy groups -OCH3 is 1. The third-order valence-corrected chi connectivity index (χ3v) is 4.54. The smallest absolute Gasteiger partial charge is 0.403 e. The number of alkyl halides is 3. The summed E-state index contributed by atoms with van der Waals surface area (Å²) in [7, 11) is 1.32. The van der Waals surface area contributed by atoms with Crippen LogP contribution in [0.2, 0.25) is 0 Å². The fourth-order valence-electron chi connectivity index (χ4n) is 3.06. The van der Waals surface area contributed by atoms with Gasteiger partial charge in [-0.15, -0.1) is 13.2 Å². The molecular formula is C21H23F4N3O4. The number of aldehydes is 1. The maximum Gasteiger partial charge on any atom is 0.573 e. The minimum absolute atomic E-state index is 0.107. The minimum atomic E-state index is -5.05. The number of ether oxygens (including phenoxy) is 2. The summed E-state index contributed by atoms with van der Waals surface area (Å²) in [4.78, 5) is 27.8. The van der Waals surface area contributed by atoms with Crippen LogP contribution in [0.25, 0.3) is 0 Å². The van der Waals surface area contributed by atoms with E-state index in [2.05, 4.69) is 15.0 Å². The molecule has 0 saturated carbocycles. The van der Waals surface area contributed by atoms with Gasteiger partial charge in [0.25, 0.3) is 5.91 Å². The Morgan fingerprint density at radius 2 is 2.09 bits per heavy atom. The van der Waals surface area contributed by atoms with Crippen molar-refractivity contribution in [2.75, 3.05) is 13.7 Å². The first-order chi connectivity index (χ1) is 15.1. The molecule has 1 aliphatic rings. The Hall–Kier alpha value is -3.21.